The van der Waals surface area contributed by atoms with Gasteiger partial charge in [0.2, 0.25) is 0 Å². The lowest BCUT2D eigenvalue weighted by Gasteiger charge is -2.24. The number of Topliss-reactive ketones (excluding diaryl/α,β-unsaturated/α-hetero) is 1. The van der Waals surface area contributed by atoms with Gasteiger partial charge in [0.05, 0.1) is 0 Å². The molecule has 1 aromatic carbocycles. The van der Waals surface area contributed by atoms with Crippen LogP contribution in [-0.2, 0) is 4.79 Å². The van der Waals surface area contributed by atoms with Crippen LogP contribution in [-0.4, -0.2) is 35.8 Å². The van der Waals surface area contributed by atoms with Crippen molar-refractivity contribution in [1.29, 1.82) is 0 Å². The Morgan fingerprint density at radius 1 is 1.24 bits per heavy atom. The third-order valence-electron chi connectivity index (χ3n) is 3.49. The minimum absolute atomic E-state index is 0.0227. The summed E-state index contributed by atoms with van der Waals surface area (Å²) < 4.78 is 5.54. The molecule has 0 heterocycles. The Bertz CT molecular complexity index is 503. The van der Waals surface area contributed by atoms with Gasteiger partial charge in [-0.2, -0.15) is 0 Å². The summed E-state index contributed by atoms with van der Waals surface area (Å²) in [5.41, 5.74) is 0.646. The molecule has 0 unspecified atom stereocenters. The number of benzene rings is 1. The Morgan fingerprint density at radius 3 is 2.33 bits per heavy atom. The molecule has 21 heavy (non-hydrogen) atoms. The Morgan fingerprint density at radius 2 is 1.86 bits per heavy atom. The average Bonchev–Trinajstić information content (AvgIpc) is 3.27. The van der Waals surface area contributed by atoms with E-state index in [1.165, 1.54) is 6.92 Å². The monoisotopic (exact) mass is 289 g/mol. The molecule has 0 bridgehead atoms. The minimum Gasteiger partial charge on any atom is -0.484 e. The molecule has 0 N–H and O–H groups in total. The Labute approximate surface area is 126 Å². The number of rotatable bonds is 7. The van der Waals surface area contributed by atoms with Crippen molar-refractivity contribution in [3.05, 3.63) is 29.8 Å². The van der Waals surface area contributed by atoms with Crippen LogP contribution in [0.1, 0.15) is 44.0 Å². The van der Waals surface area contributed by atoms with E-state index in [9.17, 15) is 9.59 Å². The van der Waals surface area contributed by atoms with Gasteiger partial charge >= 0.3 is 0 Å². The van der Waals surface area contributed by atoms with Crippen LogP contribution in [0.15, 0.2) is 24.3 Å². The second-order valence-corrected chi connectivity index (χ2v) is 6.04. The summed E-state index contributed by atoms with van der Waals surface area (Å²) in [5.74, 6) is 1.15. The number of nitrogens with zero attached hydrogens (tertiary/aromatic N) is 1. The molecule has 1 fully saturated rings. The predicted molar refractivity (Wildman–Crippen MR) is 81.5 cm³/mol. The molecule has 0 aliphatic heterocycles. The third kappa shape index (κ3) is 4.59. The molecule has 0 saturated heterocycles. The third-order valence-corrected chi connectivity index (χ3v) is 3.49. The van der Waals surface area contributed by atoms with Crippen molar-refractivity contribution in [2.75, 3.05) is 13.2 Å². The van der Waals surface area contributed by atoms with Crippen molar-refractivity contribution in [2.24, 2.45) is 5.92 Å². The molecule has 0 atom stereocenters. The van der Waals surface area contributed by atoms with Crippen molar-refractivity contribution < 1.29 is 14.3 Å². The van der Waals surface area contributed by atoms with Gasteiger partial charge < -0.3 is 9.64 Å². The van der Waals surface area contributed by atoms with E-state index in [4.69, 9.17) is 4.74 Å². The standard InChI is InChI=1S/C17H23NO3/c1-12(2)10-18(15-6-7-15)17(20)11-21-16-8-4-14(5-9-16)13(3)19/h4-5,8-9,12,15H,6-7,10-11H2,1-3H3. The van der Waals surface area contributed by atoms with E-state index in [1.807, 2.05) is 4.90 Å². The largest absolute Gasteiger partial charge is 0.484 e. The first kappa shape index (κ1) is 15.5. The van der Waals surface area contributed by atoms with Gasteiger partial charge in [-0.05, 0) is 49.9 Å². The summed E-state index contributed by atoms with van der Waals surface area (Å²) in [7, 11) is 0. The van der Waals surface area contributed by atoms with Gasteiger partial charge in [-0.1, -0.05) is 13.8 Å². The fourth-order valence-electron chi connectivity index (χ4n) is 2.25. The van der Waals surface area contributed by atoms with Gasteiger partial charge in [0.15, 0.2) is 12.4 Å². The molecule has 4 nitrogen and oxygen atoms in total. The SMILES string of the molecule is CC(=O)c1ccc(OCC(=O)N(CC(C)C)C2CC2)cc1. The highest BCUT2D eigenvalue weighted by Crippen LogP contribution is 2.27. The fraction of sp³-hybridized carbons (Fsp3) is 0.529. The van der Waals surface area contributed by atoms with E-state index in [-0.39, 0.29) is 18.3 Å². The summed E-state index contributed by atoms with van der Waals surface area (Å²) in [4.78, 5) is 25.4. The molecule has 4 heteroatoms. The topological polar surface area (TPSA) is 46.6 Å². The average molecular weight is 289 g/mol. The highest BCUT2D eigenvalue weighted by Gasteiger charge is 2.32. The van der Waals surface area contributed by atoms with Gasteiger partial charge in [0, 0.05) is 18.2 Å². The van der Waals surface area contributed by atoms with Crippen LogP contribution in [0.4, 0.5) is 0 Å². The highest BCUT2D eigenvalue weighted by molar-refractivity contribution is 5.94. The summed E-state index contributed by atoms with van der Waals surface area (Å²) >= 11 is 0. The summed E-state index contributed by atoms with van der Waals surface area (Å²) in [6.45, 7) is 6.60. The van der Waals surface area contributed by atoms with E-state index >= 15 is 0 Å². The van der Waals surface area contributed by atoms with Crippen LogP contribution in [0.5, 0.6) is 5.75 Å². The zero-order valence-corrected chi connectivity index (χ0v) is 13.0. The quantitative estimate of drug-likeness (QED) is 0.725. The molecule has 0 aromatic heterocycles. The number of ketones is 1. The van der Waals surface area contributed by atoms with E-state index in [0.717, 1.165) is 19.4 Å². The van der Waals surface area contributed by atoms with Gasteiger partial charge in [-0.25, -0.2) is 0 Å². The number of ether oxygens (including phenoxy) is 1. The Kier molecular flexibility index (Phi) is 4.99. The minimum atomic E-state index is 0.0227. The number of amides is 1. The predicted octanol–water partition coefficient (Wildman–Crippen LogP) is 2.92. The van der Waals surface area contributed by atoms with E-state index in [1.54, 1.807) is 24.3 Å². The number of carbonyl (C=O) groups is 2. The second kappa shape index (κ2) is 6.74. The van der Waals surface area contributed by atoms with Crippen LogP contribution in [0.25, 0.3) is 0 Å². The van der Waals surface area contributed by atoms with Crippen LogP contribution < -0.4 is 4.74 Å². The van der Waals surface area contributed by atoms with Crippen molar-refractivity contribution in [3.63, 3.8) is 0 Å². The first-order chi connectivity index (χ1) is 9.97. The lowest BCUT2D eigenvalue weighted by molar-refractivity contribution is -0.134. The van der Waals surface area contributed by atoms with Crippen molar-refractivity contribution in [3.8, 4) is 5.75 Å². The van der Waals surface area contributed by atoms with Crippen LogP contribution >= 0.6 is 0 Å². The molecule has 1 aliphatic rings. The van der Waals surface area contributed by atoms with Crippen molar-refractivity contribution in [1.82, 2.24) is 4.90 Å². The molecular weight excluding hydrogens is 266 g/mol. The molecule has 1 amide bonds. The molecule has 1 saturated carbocycles. The second-order valence-electron chi connectivity index (χ2n) is 6.04. The van der Waals surface area contributed by atoms with Gasteiger partial charge in [0.25, 0.3) is 5.91 Å². The fourth-order valence-corrected chi connectivity index (χ4v) is 2.25. The molecule has 1 aromatic rings. The Hall–Kier alpha value is -1.84. The summed E-state index contributed by atoms with van der Waals surface area (Å²) in [6, 6.07) is 7.30. The maximum atomic E-state index is 12.3. The Balaban J connectivity index is 1.88. The number of hydrogen-bond acceptors (Lipinski definition) is 3. The maximum Gasteiger partial charge on any atom is 0.260 e. The maximum absolute atomic E-state index is 12.3. The molecule has 1 aliphatic carbocycles. The highest BCUT2D eigenvalue weighted by atomic mass is 16.5. The molecule has 2 rings (SSSR count). The van der Waals surface area contributed by atoms with Gasteiger partial charge in [0.1, 0.15) is 5.75 Å². The first-order valence-corrected chi connectivity index (χ1v) is 7.50. The van der Waals surface area contributed by atoms with Crippen LogP contribution in [0, 0.1) is 5.92 Å². The molecular formula is C17H23NO3. The van der Waals surface area contributed by atoms with E-state index in [0.29, 0.717) is 23.3 Å². The van der Waals surface area contributed by atoms with E-state index in [2.05, 4.69) is 13.8 Å². The summed E-state index contributed by atoms with van der Waals surface area (Å²) in [5, 5.41) is 0. The van der Waals surface area contributed by atoms with Crippen molar-refractivity contribution in [2.45, 2.75) is 39.7 Å². The molecule has 0 spiro atoms. The summed E-state index contributed by atoms with van der Waals surface area (Å²) in [6.07, 6.45) is 2.21. The molecule has 114 valence electrons. The lowest BCUT2D eigenvalue weighted by atomic mass is 10.1. The normalized spacial score (nSPS) is 14.1. The van der Waals surface area contributed by atoms with Crippen molar-refractivity contribution >= 4 is 11.7 Å². The lowest BCUT2D eigenvalue weighted by Crippen LogP contribution is -2.39. The number of hydrogen-bond donors (Lipinski definition) is 0. The first-order valence-electron chi connectivity index (χ1n) is 7.50. The smallest absolute Gasteiger partial charge is 0.260 e. The van der Waals surface area contributed by atoms with Crippen LogP contribution in [0.2, 0.25) is 0 Å². The molecule has 0 radical (unpaired) electrons. The van der Waals surface area contributed by atoms with Crippen LogP contribution in [0.3, 0.4) is 0 Å². The van der Waals surface area contributed by atoms with Gasteiger partial charge in [-0.3, -0.25) is 9.59 Å². The van der Waals surface area contributed by atoms with Gasteiger partial charge in [-0.15, -0.1) is 0 Å². The van der Waals surface area contributed by atoms with E-state index < -0.39 is 0 Å². The number of carbonyl (C=O) groups excluding carboxylic acids is 2. The zero-order valence-electron chi connectivity index (χ0n) is 13.0. The zero-order chi connectivity index (χ0) is 15.4.